The Balaban J connectivity index is 3.56. The number of hydrogen-bond donors (Lipinski definition) is 0. The van der Waals surface area contributed by atoms with Crippen LogP contribution in [0.2, 0.25) is 0 Å². The molecular formula is C31H62O2. The van der Waals surface area contributed by atoms with Gasteiger partial charge in [0.25, 0.3) is 0 Å². The minimum Gasteiger partial charge on any atom is -0.465 e. The van der Waals surface area contributed by atoms with E-state index in [4.69, 9.17) is 4.74 Å². The molecule has 0 saturated carbocycles. The Morgan fingerprint density at radius 2 is 0.848 bits per heavy atom. The molecule has 198 valence electrons. The molecule has 0 aliphatic heterocycles. The highest BCUT2D eigenvalue weighted by atomic mass is 16.5. The van der Waals surface area contributed by atoms with Crippen molar-refractivity contribution >= 4 is 5.97 Å². The first kappa shape index (κ1) is 32.5. The van der Waals surface area contributed by atoms with Gasteiger partial charge in [-0.3, -0.25) is 4.79 Å². The largest absolute Gasteiger partial charge is 0.465 e. The van der Waals surface area contributed by atoms with Gasteiger partial charge in [0.2, 0.25) is 0 Å². The Bertz CT molecular complexity index is 406. The smallest absolute Gasteiger partial charge is 0.311 e. The lowest BCUT2D eigenvalue weighted by Crippen LogP contribution is -2.29. The van der Waals surface area contributed by atoms with Crippen molar-refractivity contribution < 1.29 is 9.53 Å². The topological polar surface area (TPSA) is 26.3 Å². The molecule has 0 spiro atoms. The van der Waals surface area contributed by atoms with Crippen LogP contribution in [0, 0.1) is 5.41 Å². The van der Waals surface area contributed by atoms with Crippen LogP contribution in [0.25, 0.3) is 0 Å². The third-order valence-corrected chi connectivity index (χ3v) is 7.59. The van der Waals surface area contributed by atoms with E-state index in [2.05, 4.69) is 27.7 Å². The number of unbranched alkanes of at least 4 members (excludes halogenated alkanes) is 20. The van der Waals surface area contributed by atoms with Crippen LogP contribution in [0.5, 0.6) is 0 Å². The summed E-state index contributed by atoms with van der Waals surface area (Å²) in [5.41, 5.74) is -0.280. The van der Waals surface area contributed by atoms with Crippen molar-refractivity contribution in [2.24, 2.45) is 5.41 Å². The Morgan fingerprint density at radius 1 is 0.515 bits per heavy atom. The molecule has 0 aliphatic rings. The van der Waals surface area contributed by atoms with Gasteiger partial charge in [-0.05, 0) is 26.2 Å². The lowest BCUT2D eigenvalue weighted by Gasteiger charge is -2.26. The summed E-state index contributed by atoms with van der Waals surface area (Å²) >= 11 is 0. The average molecular weight is 467 g/mol. The van der Waals surface area contributed by atoms with Gasteiger partial charge in [-0.2, -0.15) is 0 Å². The van der Waals surface area contributed by atoms with Crippen molar-refractivity contribution in [3.05, 3.63) is 0 Å². The van der Waals surface area contributed by atoms with Gasteiger partial charge in [-0.25, -0.2) is 0 Å². The molecule has 0 aromatic rings. The summed E-state index contributed by atoms with van der Waals surface area (Å²) in [5, 5.41) is 0. The summed E-state index contributed by atoms with van der Waals surface area (Å²) in [6.45, 7) is 9.42. The molecule has 0 amide bonds. The number of carbonyl (C=O) groups is 1. The van der Waals surface area contributed by atoms with Gasteiger partial charge in [0.15, 0.2) is 0 Å². The SMILES string of the molecule is CCCCCCCCCCCCCCCCOC(=O)C(C)(CC)CCCCCCCCCC. The molecule has 0 fully saturated rings. The first-order valence-electron chi connectivity index (χ1n) is 15.3. The van der Waals surface area contributed by atoms with Crippen LogP contribution in [0.15, 0.2) is 0 Å². The fourth-order valence-electron chi connectivity index (χ4n) is 4.71. The van der Waals surface area contributed by atoms with E-state index in [9.17, 15) is 4.79 Å². The quantitative estimate of drug-likeness (QED) is 0.0935. The van der Waals surface area contributed by atoms with E-state index in [-0.39, 0.29) is 11.4 Å². The molecule has 2 nitrogen and oxygen atoms in total. The Morgan fingerprint density at radius 3 is 1.21 bits per heavy atom. The minimum absolute atomic E-state index is 0.0441. The van der Waals surface area contributed by atoms with Gasteiger partial charge in [-0.1, -0.05) is 156 Å². The molecule has 0 aromatic carbocycles. The highest BCUT2D eigenvalue weighted by Gasteiger charge is 2.32. The second-order valence-electron chi connectivity index (χ2n) is 10.9. The van der Waals surface area contributed by atoms with E-state index >= 15 is 0 Å². The first-order valence-corrected chi connectivity index (χ1v) is 15.3. The van der Waals surface area contributed by atoms with Crippen molar-refractivity contribution in [1.82, 2.24) is 0 Å². The van der Waals surface area contributed by atoms with E-state index in [1.807, 2.05) is 0 Å². The average Bonchev–Trinajstić information content (AvgIpc) is 2.82. The monoisotopic (exact) mass is 466 g/mol. The summed E-state index contributed by atoms with van der Waals surface area (Å²) in [6.07, 6.45) is 31.4. The maximum atomic E-state index is 12.6. The molecule has 0 rings (SSSR count). The van der Waals surface area contributed by atoms with Crippen LogP contribution in [-0.2, 0) is 9.53 Å². The van der Waals surface area contributed by atoms with E-state index in [0.717, 1.165) is 25.7 Å². The number of hydrogen-bond acceptors (Lipinski definition) is 2. The van der Waals surface area contributed by atoms with Gasteiger partial charge in [-0.15, -0.1) is 0 Å². The molecule has 1 atom stereocenters. The van der Waals surface area contributed by atoms with Crippen LogP contribution in [0.1, 0.15) is 182 Å². The van der Waals surface area contributed by atoms with Gasteiger partial charge >= 0.3 is 5.97 Å². The molecule has 0 bridgehead atoms. The molecule has 0 heterocycles. The van der Waals surface area contributed by atoms with Gasteiger partial charge < -0.3 is 4.74 Å². The molecule has 2 heteroatoms. The predicted octanol–water partition coefficient (Wildman–Crippen LogP) is 11.0. The number of carbonyl (C=O) groups excluding carboxylic acids is 1. The second-order valence-corrected chi connectivity index (χ2v) is 10.9. The third-order valence-electron chi connectivity index (χ3n) is 7.59. The summed E-state index contributed by atoms with van der Waals surface area (Å²) in [6, 6.07) is 0. The molecule has 0 aromatic heterocycles. The zero-order valence-corrected chi connectivity index (χ0v) is 23.5. The molecule has 1 unspecified atom stereocenters. The van der Waals surface area contributed by atoms with Crippen molar-refractivity contribution in [3.8, 4) is 0 Å². The van der Waals surface area contributed by atoms with Gasteiger partial charge in [0.1, 0.15) is 0 Å². The second kappa shape index (κ2) is 24.6. The van der Waals surface area contributed by atoms with Crippen LogP contribution >= 0.6 is 0 Å². The Kier molecular flexibility index (Phi) is 24.2. The minimum atomic E-state index is -0.280. The highest BCUT2D eigenvalue weighted by Crippen LogP contribution is 2.30. The Labute approximate surface area is 209 Å². The van der Waals surface area contributed by atoms with Gasteiger partial charge in [0, 0.05) is 0 Å². The first-order chi connectivity index (χ1) is 16.1. The molecule has 0 saturated heterocycles. The predicted molar refractivity (Wildman–Crippen MR) is 147 cm³/mol. The van der Waals surface area contributed by atoms with Crippen LogP contribution < -0.4 is 0 Å². The number of esters is 1. The normalized spacial score (nSPS) is 13.2. The molecule has 0 N–H and O–H groups in total. The maximum absolute atomic E-state index is 12.6. The zero-order valence-electron chi connectivity index (χ0n) is 23.5. The number of rotatable bonds is 26. The standard InChI is InChI=1S/C31H62O2/c1-5-8-10-12-14-16-17-18-19-20-21-23-25-27-29-33-30(32)31(4,7-3)28-26-24-22-15-13-11-9-6-2/h5-29H2,1-4H3. The fraction of sp³-hybridized carbons (Fsp3) is 0.968. The van der Waals surface area contributed by atoms with E-state index < -0.39 is 0 Å². The molecule has 0 aliphatic carbocycles. The van der Waals surface area contributed by atoms with Crippen LogP contribution in [0.3, 0.4) is 0 Å². The van der Waals surface area contributed by atoms with E-state index in [1.165, 1.54) is 128 Å². The highest BCUT2D eigenvalue weighted by molar-refractivity contribution is 5.76. The van der Waals surface area contributed by atoms with Gasteiger partial charge in [0.05, 0.1) is 12.0 Å². The van der Waals surface area contributed by atoms with Crippen molar-refractivity contribution in [3.63, 3.8) is 0 Å². The van der Waals surface area contributed by atoms with Crippen molar-refractivity contribution in [2.45, 2.75) is 182 Å². The zero-order chi connectivity index (χ0) is 24.5. The summed E-state index contributed by atoms with van der Waals surface area (Å²) < 4.78 is 5.69. The number of ether oxygens (including phenoxy) is 1. The van der Waals surface area contributed by atoms with Crippen molar-refractivity contribution in [2.75, 3.05) is 6.61 Å². The molecule has 33 heavy (non-hydrogen) atoms. The van der Waals surface area contributed by atoms with Crippen LogP contribution in [-0.4, -0.2) is 12.6 Å². The molecular weight excluding hydrogens is 404 g/mol. The maximum Gasteiger partial charge on any atom is 0.311 e. The van der Waals surface area contributed by atoms with Crippen molar-refractivity contribution in [1.29, 1.82) is 0 Å². The lowest BCUT2D eigenvalue weighted by molar-refractivity contribution is -0.155. The fourth-order valence-corrected chi connectivity index (χ4v) is 4.71. The van der Waals surface area contributed by atoms with E-state index in [0.29, 0.717) is 6.61 Å². The summed E-state index contributed by atoms with van der Waals surface area (Å²) in [5.74, 6) is 0.0441. The summed E-state index contributed by atoms with van der Waals surface area (Å²) in [7, 11) is 0. The van der Waals surface area contributed by atoms with E-state index in [1.54, 1.807) is 0 Å². The third kappa shape index (κ3) is 20.5. The lowest BCUT2D eigenvalue weighted by atomic mass is 9.82. The summed E-state index contributed by atoms with van der Waals surface area (Å²) in [4.78, 5) is 12.6. The molecule has 0 radical (unpaired) electrons. The van der Waals surface area contributed by atoms with Crippen LogP contribution in [0.4, 0.5) is 0 Å². The Hall–Kier alpha value is -0.530.